The lowest BCUT2D eigenvalue weighted by Gasteiger charge is -2.08. The van der Waals surface area contributed by atoms with E-state index in [4.69, 9.17) is 9.47 Å². The van der Waals surface area contributed by atoms with Crippen LogP contribution in [0.25, 0.3) is 10.8 Å². The fraction of sp³-hybridized carbons (Fsp3) is 0.350. The Kier molecular flexibility index (Phi) is 7.32. The summed E-state index contributed by atoms with van der Waals surface area (Å²) in [6.45, 7) is 6.38. The Morgan fingerprint density at radius 2 is 1.67 bits per heavy atom. The number of hydrogen-bond acceptors (Lipinski definition) is 3. The van der Waals surface area contributed by atoms with E-state index in [1.165, 1.54) is 10.8 Å². The maximum Gasteiger partial charge on any atom is 0.333 e. The topological polar surface area (TPSA) is 35.5 Å². The molecule has 2 aromatic carbocycles. The summed E-state index contributed by atoms with van der Waals surface area (Å²) in [6, 6.07) is 12.4. The van der Waals surface area contributed by atoms with Gasteiger partial charge in [0.2, 0.25) is 0 Å². The molecule has 0 heterocycles. The van der Waals surface area contributed by atoms with E-state index >= 15 is 0 Å². The van der Waals surface area contributed by atoms with Crippen molar-refractivity contribution in [3.8, 4) is 5.75 Å². The predicted octanol–water partition coefficient (Wildman–Crippen LogP) is 5.66. The highest BCUT2D eigenvalue weighted by Gasteiger charge is 2.02. The van der Waals surface area contributed by atoms with Crippen molar-refractivity contribution < 1.29 is 14.3 Å². The van der Waals surface area contributed by atoms with Crippen LogP contribution in [-0.2, 0) is 9.53 Å². The summed E-state index contributed by atoms with van der Waals surface area (Å²) in [5, 5.41) is 2.37. The first-order valence-electron chi connectivity index (χ1n) is 8.21. The Bertz CT molecular complexity index is 709. The van der Waals surface area contributed by atoms with E-state index in [0.717, 1.165) is 35.9 Å². The molecular formula is C20H23BrO3. The van der Waals surface area contributed by atoms with Crippen LogP contribution in [0.4, 0.5) is 0 Å². The Morgan fingerprint density at radius 1 is 1.00 bits per heavy atom. The third kappa shape index (κ3) is 6.00. The van der Waals surface area contributed by atoms with E-state index in [2.05, 4.69) is 46.8 Å². The monoisotopic (exact) mass is 390 g/mol. The quantitative estimate of drug-likeness (QED) is 0.314. The van der Waals surface area contributed by atoms with Gasteiger partial charge in [0.25, 0.3) is 0 Å². The van der Waals surface area contributed by atoms with E-state index in [1.54, 1.807) is 6.92 Å². The molecule has 0 bridgehead atoms. The van der Waals surface area contributed by atoms with Gasteiger partial charge in [-0.15, -0.1) is 0 Å². The lowest BCUT2D eigenvalue weighted by Crippen LogP contribution is -2.06. The van der Waals surface area contributed by atoms with E-state index in [1.807, 2.05) is 12.1 Å². The molecule has 0 fully saturated rings. The molecule has 0 aliphatic heterocycles. The van der Waals surface area contributed by atoms with Gasteiger partial charge in [0.1, 0.15) is 5.75 Å². The normalized spacial score (nSPS) is 10.6. The smallest absolute Gasteiger partial charge is 0.333 e. The fourth-order valence-corrected chi connectivity index (χ4v) is 2.70. The molecule has 0 atom stereocenters. The second-order valence-electron chi connectivity index (χ2n) is 5.83. The van der Waals surface area contributed by atoms with Gasteiger partial charge in [-0.2, -0.15) is 0 Å². The van der Waals surface area contributed by atoms with Crippen molar-refractivity contribution in [3.05, 3.63) is 53.0 Å². The van der Waals surface area contributed by atoms with Crippen molar-refractivity contribution in [3.63, 3.8) is 0 Å². The standard InChI is InChI=1S/C20H23BrO3/c1-15(2)20(22)24-12-6-4-3-5-11-23-19-10-8-16-13-18(21)9-7-17(16)14-19/h7-10,13-14H,1,3-6,11-12H2,2H3. The third-order valence-corrected chi connectivity index (χ3v) is 4.16. The average Bonchev–Trinajstić information content (AvgIpc) is 2.56. The molecule has 0 aliphatic rings. The molecule has 0 unspecified atom stereocenters. The third-order valence-electron chi connectivity index (χ3n) is 3.66. The first-order valence-corrected chi connectivity index (χ1v) is 9.00. The Balaban J connectivity index is 1.62. The number of carbonyl (C=O) groups is 1. The van der Waals surface area contributed by atoms with Crippen LogP contribution in [0.2, 0.25) is 0 Å². The van der Waals surface area contributed by atoms with Gasteiger partial charge >= 0.3 is 5.97 Å². The molecule has 0 aliphatic carbocycles. The first kappa shape index (κ1) is 18.5. The molecule has 128 valence electrons. The first-order chi connectivity index (χ1) is 11.6. The van der Waals surface area contributed by atoms with Crippen molar-refractivity contribution in [2.75, 3.05) is 13.2 Å². The van der Waals surface area contributed by atoms with Crippen LogP contribution in [0.3, 0.4) is 0 Å². The second kappa shape index (κ2) is 9.48. The number of benzene rings is 2. The van der Waals surface area contributed by atoms with Crippen molar-refractivity contribution >= 4 is 32.7 Å². The number of unbranched alkanes of at least 4 members (excludes halogenated alkanes) is 3. The zero-order valence-corrected chi connectivity index (χ0v) is 15.6. The van der Waals surface area contributed by atoms with Crippen molar-refractivity contribution in [2.24, 2.45) is 0 Å². The highest BCUT2D eigenvalue weighted by Crippen LogP contribution is 2.24. The lowest BCUT2D eigenvalue weighted by atomic mass is 10.1. The zero-order chi connectivity index (χ0) is 17.4. The molecule has 0 radical (unpaired) electrons. The summed E-state index contributed by atoms with van der Waals surface area (Å²) < 4.78 is 11.9. The predicted molar refractivity (Wildman–Crippen MR) is 101 cm³/mol. The number of ether oxygens (including phenoxy) is 2. The van der Waals surface area contributed by atoms with Gasteiger partial charge in [0.15, 0.2) is 0 Å². The summed E-state index contributed by atoms with van der Waals surface area (Å²) in [5.41, 5.74) is 0.450. The van der Waals surface area contributed by atoms with Crippen molar-refractivity contribution in [2.45, 2.75) is 32.6 Å². The number of hydrogen-bond donors (Lipinski definition) is 0. The number of carbonyl (C=O) groups excluding carboxylic acids is 1. The molecule has 0 N–H and O–H groups in total. The van der Waals surface area contributed by atoms with E-state index in [0.29, 0.717) is 18.8 Å². The number of fused-ring (bicyclic) bond motifs is 1. The summed E-state index contributed by atoms with van der Waals surface area (Å²) in [5.74, 6) is 0.599. The van der Waals surface area contributed by atoms with Gasteiger partial charge in [-0.3, -0.25) is 0 Å². The highest BCUT2D eigenvalue weighted by atomic mass is 79.9. The zero-order valence-electron chi connectivity index (χ0n) is 14.0. The van der Waals surface area contributed by atoms with Crippen LogP contribution in [-0.4, -0.2) is 19.2 Å². The molecule has 0 amide bonds. The maximum atomic E-state index is 11.2. The fourth-order valence-electron chi connectivity index (χ4n) is 2.32. The van der Waals surface area contributed by atoms with Gasteiger partial charge in [-0.05, 0) is 67.6 Å². The Hall–Kier alpha value is -1.81. The molecule has 4 heteroatoms. The maximum absolute atomic E-state index is 11.2. The Morgan fingerprint density at radius 3 is 2.42 bits per heavy atom. The molecule has 24 heavy (non-hydrogen) atoms. The van der Waals surface area contributed by atoms with E-state index < -0.39 is 0 Å². The molecular weight excluding hydrogens is 368 g/mol. The molecule has 0 saturated carbocycles. The van der Waals surface area contributed by atoms with Gasteiger partial charge < -0.3 is 9.47 Å². The van der Waals surface area contributed by atoms with E-state index in [-0.39, 0.29) is 5.97 Å². The van der Waals surface area contributed by atoms with Crippen LogP contribution in [0, 0.1) is 0 Å². The van der Waals surface area contributed by atoms with Gasteiger partial charge in [-0.1, -0.05) is 34.6 Å². The summed E-state index contributed by atoms with van der Waals surface area (Å²) in [4.78, 5) is 11.2. The SMILES string of the molecule is C=C(C)C(=O)OCCCCCCOc1ccc2cc(Br)ccc2c1. The van der Waals surface area contributed by atoms with Crippen LogP contribution in [0.15, 0.2) is 53.0 Å². The van der Waals surface area contributed by atoms with Crippen molar-refractivity contribution in [1.29, 1.82) is 0 Å². The summed E-state index contributed by atoms with van der Waals surface area (Å²) in [6.07, 6.45) is 3.96. The molecule has 0 aromatic heterocycles. The molecule has 0 spiro atoms. The molecule has 0 saturated heterocycles. The number of esters is 1. The number of halogens is 1. The van der Waals surface area contributed by atoms with Crippen LogP contribution >= 0.6 is 15.9 Å². The minimum absolute atomic E-state index is 0.304. The summed E-state index contributed by atoms with van der Waals surface area (Å²) in [7, 11) is 0. The number of rotatable bonds is 9. The van der Waals surface area contributed by atoms with Crippen LogP contribution in [0.5, 0.6) is 5.75 Å². The highest BCUT2D eigenvalue weighted by molar-refractivity contribution is 9.10. The lowest BCUT2D eigenvalue weighted by molar-refractivity contribution is -0.139. The molecule has 2 aromatic rings. The van der Waals surface area contributed by atoms with Gasteiger partial charge in [0, 0.05) is 10.0 Å². The average molecular weight is 391 g/mol. The molecule has 2 rings (SSSR count). The minimum atomic E-state index is -0.304. The largest absolute Gasteiger partial charge is 0.494 e. The van der Waals surface area contributed by atoms with Crippen molar-refractivity contribution in [1.82, 2.24) is 0 Å². The van der Waals surface area contributed by atoms with Gasteiger partial charge in [0.05, 0.1) is 13.2 Å². The Labute approximate surface area is 151 Å². The van der Waals surface area contributed by atoms with Crippen LogP contribution < -0.4 is 4.74 Å². The minimum Gasteiger partial charge on any atom is -0.494 e. The molecule has 3 nitrogen and oxygen atoms in total. The summed E-state index contributed by atoms with van der Waals surface area (Å²) >= 11 is 3.48. The second-order valence-corrected chi connectivity index (χ2v) is 6.75. The van der Waals surface area contributed by atoms with E-state index in [9.17, 15) is 4.79 Å². The van der Waals surface area contributed by atoms with Crippen LogP contribution in [0.1, 0.15) is 32.6 Å². The van der Waals surface area contributed by atoms with Gasteiger partial charge in [-0.25, -0.2) is 4.79 Å².